The van der Waals surface area contributed by atoms with Crippen molar-refractivity contribution in [3.05, 3.63) is 59.4 Å². The molecule has 0 aliphatic carbocycles. The lowest BCUT2D eigenvalue weighted by atomic mass is 9.86. The number of ether oxygens (including phenoxy) is 3. The molecule has 1 fully saturated rings. The quantitative estimate of drug-likeness (QED) is 0.809. The van der Waals surface area contributed by atoms with Gasteiger partial charge in [0.05, 0.1) is 24.2 Å². The zero-order chi connectivity index (χ0) is 17.6. The number of carbonyl (C=O) groups excluding carboxylic acids is 1. The number of halogens is 1. The number of ketones is 1. The molecule has 0 amide bonds. The molecule has 2 heterocycles. The molecule has 0 spiro atoms. The van der Waals surface area contributed by atoms with E-state index in [-0.39, 0.29) is 17.5 Å². The molecule has 2 aromatic carbocycles. The third kappa shape index (κ3) is 3.05. The maximum atomic E-state index is 13.7. The summed E-state index contributed by atoms with van der Waals surface area (Å²) in [7, 11) is 0. The van der Waals surface area contributed by atoms with Crippen LogP contribution in [0, 0.1) is 5.82 Å². The minimum Gasteiger partial charge on any atom is -0.456 e. The van der Waals surface area contributed by atoms with Gasteiger partial charge < -0.3 is 14.2 Å². The number of para-hydroxylation sites is 1. The predicted molar refractivity (Wildman–Crippen MR) is 89.5 cm³/mol. The number of fused-ring (bicyclic) bond motifs is 2. The Labute approximate surface area is 145 Å². The van der Waals surface area contributed by atoms with E-state index in [2.05, 4.69) is 0 Å². The molecule has 2 aliphatic rings. The van der Waals surface area contributed by atoms with Crippen LogP contribution in [0.4, 0.5) is 4.39 Å². The first-order chi connectivity index (χ1) is 11.9. The maximum Gasteiger partial charge on any atom is 0.174 e. The van der Waals surface area contributed by atoms with E-state index in [9.17, 15) is 9.18 Å². The van der Waals surface area contributed by atoms with Gasteiger partial charge in [0, 0.05) is 5.56 Å². The summed E-state index contributed by atoms with van der Waals surface area (Å²) in [5.74, 6) is -0.746. The lowest BCUT2D eigenvalue weighted by Gasteiger charge is -2.21. The van der Waals surface area contributed by atoms with Crippen LogP contribution in [0.3, 0.4) is 0 Å². The molecule has 4 rings (SSSR count). The van der Waals surface area contributed by atoms with E-state index in [0.29, 0.717) is 24.5 Å². The fourth-order valence-electron chi connectivity index (χ4n) is 3.47. The largest absolute Gasteiger partial charge is 0.456 e. The summed E-state index contributed by atoms with van der Waals surface area (Å²) in [6, 6.07) is 11.5. The number of benzene rings is 2. The molecule has 0 N–H and O–H groups in total. The van der Waals surface area contributed by atoms with Gasteiger partial charge in [-0.25, -0.2) is 4.39 Å². The molecule has 2 aliphatic heterocycles. The van der Waals surface area contributed by atoms with Gasteiger partial charge in [0.25, 0.3) is 0 Å². The number of hydrogen-bond donors (Lipinski definition) is 0. The van der Waals surface area contributed by atoms with E-state index in [1.807, 2.05) is 38.1 Å². The molecule has 5 heteroatoms. The summed E-state index contributed by atoms with van der Waals surface area (Å²) < 4.78 is 31.1. The Morgan fingerprint density at radius 2 is 1.96 bits per heavy atom. The van der Waals surface area contributed by atoms with Gasteiger partial charge in [0.1, 0.15) is 17.3 Å². The number of rotatable bonds is 2. The summed E-state index contributed by atoms with van der Waals surface area (Å²) in [5, 5.41) is 0. The smallest absolute Gasteiger partial charge is 0.174 e. The van der Waals surface area contributed by atoms with Crippen LogP contribution in [0.15, 0.2) is 42.5 Å². The Hall–Kier alpha value is -2.24. The van der Waals surface area contributed by atoms with Crippen LogP contribution in [-0.2, 0) is 9.47 Å². The second-order valence-electron chi connectivity index (χ2n) is 6.88. The van der Waals surface area contributed by atoms with E-state index in [1.54, 1.807) is 0 Å². The van der Waals surface area contributed by atoms with Crippen molar-refractivity contribution >= 4 is 5.78 Å². The van der Waals surface area contributed by atoms with Gasteiger partial charge in [-0.1, -0.05) is 18.2 Å². The average molecular weight is 342 g/mol. The third-order valence-corrected chi connectivity index (χ3v) is 4.60. The lowest BCUT2D eigenvalue weighted by molar-refractivity contribution is -0.139. The summed E-state index contributed by atoms with van der Waals surface area (Å²) in [6.07, 6.45) is 0.255. The van der Waals surface area contributed by atoms with Crippen molar-refractivity contribution in [2.75, 3.05) is 6.61 Å². The highest BCUT2D eigenvalue weighted by Gasteiger charge is 2.38. The Balaban J connectivity index is 1.74. The van der Waals surface area contributed by atoms with Crippen molar-refractivity contribution in [3.63, 3.8) is 0 Å². The molecule has 0 aromatic heterocycles. The Kier molecular flexibility index (Phi) is 3.85. The molecule has 25 heavy (non-hydrogen) atoms. The van der Waals surface area contributed by atoms with Crippen molar-refractivity contribution in [1.82, 2.24) is 0 Å². The molecule has 2 aromatic rings. The summed E-state index contributed by atoms with van der Waals surface area (Å²) in [5.41, 5.74) is 1.05. The van der Waals surface area contributed by atoms with Crippen molar-refractivity contribution in [1.29, 1.82) is 0 Å². The molecule has 130 valence electrons. The first kappa shape index (κ1) is 16.2. The predicted octanol–water partition coefficient (Wildman–Crippen LogP) is 4.44. The van der Waals surface area contributed by atoms with Crippen molar-refractivity contribution in [2.24, 2.45) is 0 Å². The number of Topliss-reactive ketones (excluding diaryl/α,β-unsaturated/α-hetero) is 1. The fourth-order valence-corrected chi connectivity index (χ4v) is 3.47. The Morgan fingerprint density at radius 3 is 2.72 bits per heavy atom. The highest BCUT2D eigenvalue weighted by atomic mass is 19.1. The zero-order valence-corrected chi connectivity index (χ0v) is 14.1. The molecule has 0 saturated carbocycles. The summed E-state index contributed by atoms with van der Waals surface area (Å²) in [4.78, 5) is 13.2. The van der Waals surface area contributed by atoms with Gasteiger partial charge in [-0.3, -0.25) is 4.79 Å². The van der Waals surface area contributed by atoms with Crippen molar-refractivity contribution in [2.45, 2.75) is 38.1 Å². The van der Waals surface area contributed by atoms with E-state index in [1.165, 1.54) is 18.2 Å². The average Bonchev–Trinajstić information content (AvgIpc) is 2.87. The molecule has 0 radical (unpaired) electrons. The van der Waals surface area contributed by atoms with E-state index < -0.39 is 17.5 Å². The number of carbonyl (C=O) groups is 1. The lowest BCUT2D eigenvalue weighted by Crippen LogP contribution is -2.24. The van der Waals surface area contributed by atoms with Crippen LogP contribution in [0.5, 0.6) is 11.5 Å². The van der Waals surface area contributed by atoms with Crippen LogP contribution in [0.1, 0.15) is 42.1 Å². The monoisotopic (exact) mass is 342 g/mol. The van der Waals surface area contributed by atoms with Gasteiger partial charge in [-0.15, -0.1) is 0 Å². The van der Waals surface area contributed by atoms with Gasteiger partial charge in [0.2, 0.25) is 0 Å². The molecule has 0 unspecified atom stereocenters. The minimum absolute atomic E-state index is 0.159. The van der Waals surface area contributed by atoms with Gasteiger partial charge in [-0.05, 0) is 44.5 Å². The van der Waals surface area contributed by atoms with Crippen molar-refractivity contribution in [3.8, 4) is 11.5 Å². The first-order valence-electron chi connectivity index (χ1n) is 8.35. The molecule has 0 bridgehead atoms. The molecule has 2 atom stereocenters. The van der Waals surface area contributed by atoms with Crippen LogP contribution in [0.25, 0.3) is 0 Å². The molecular weight excluding hydrogens is 323 g/mol. The van der Waals surface area contributed by atoms with Gasteiger partial charge >= 0.3 is 0 Å². The standard InChI is InChI=1S/C20H19FO4/c1-20(2)23-11-13(25-20)10-15-14-5-3-4-6-17(14)24-18-8-7-12(21)9-16(18)19(15)22/h3-9,13,15H,10-11H2,1-2H3/t13-,15-/m1/s1. The van der Waals surface area contributed by atoms with Crippen LogP contribution in [-0.4, -0.2) is 24.3 Å². The summed E-state index contributed by atoms with van der Waals surface area (Å²) in [6.45, 7) is 4.13. The van der Waals surface area contributed by atoms with Gasteiger partial charge in [0.15, 0.2) is 11.6 Å². The normalized spacial score (nSPS) is 24.2. The second-order valence-corrected chi connectivity index (χ2v) is 6.88. The van der Waals surface area contributed by atoms with E-state index in [4.69, 9.17) is 14.2 Å². The highest BCUT2D eigenvalue weighted by Crippen LogP contribution is 2.42. The first-order valence-corrected chi connectivity index (χ1v) is 8.35. The topological polar surface area (TPSA) is 44.8 Å². The fraction of sp³-hybridized carbons (Fsp3) is 0.350. The molecular formula is C20H19FO4. The number of hydrogen-bond acceptors (Lipinski definition) is 4. The SMILES string of the molecule is CC1(C)OC[C@@H](C[C@H]2C(=O)c3cc(F)ccc3Oc3ccccc32)O1. The zero-order valence-electron chi connectivity index (χ0n) is 14.1. The van der Waals surface area contributed by atoms with Crippen LogP contribution < -0.4 is 4.74 Å². The van der Waals surface area contributed by atoms with Crippen LogP contribution >= 0.6 is 0 Å². The summed E-state index contributed by atoms with van der Waals surface area (Å²) >= 11 is 0. The maximum absolute atomic E-state index is 13.7. The van der Waals surface area contributed by atoms with Crippen molar-refractivity contribution < 1.29 is 23.4 Å². The molecule has 4 nitrogen and oxygen atoms in total. The minimum atomic E-state index is -0.654. The van der Waals surface area contributed by atoms with Crippen LogP contribution in [0.2, 0.25) is 0 Å². The van der Waals surface area contributed by atoms with Gasteiger partial charge in [-0.2, -0.15) is 0 Å². The third-order valence-electron chi connectivity index (χ3n) is 4.60. The van der Waals surface area contributed by atoms with E-state index in [0.717, 1.165) is 5.56 Å². The Morgan fingerprint density at radius 1 is 1.16 bits per heavy atom. The second kappa shape index (κ2) is 5.93. The Bertz CT molecular complexity index is 830. The highest BCUT2D eigenvalue weighted by molar-refractivity contribution is 6.04. The molecule has 1 saturated heterocycles. The van der Waals surface area contributed by atoms with E-state index >= 15 is 0 Å².